The minimum atomic E-state index is -0.0579. The molecule has 0 saturated carbocycles. The van der Waals surface area contributed by atoms with E-state index >= 15 is 0 Å². The Morgan fingerprint density at radius 1 is 0.957 bits per heavy atom. The summed E-state index contributed by atoms with van der Waals surface area (Å²) in [6.07, 6.45) is -0.0579. The number of nitrogen functional groups attached to an aromatic ring is 1. The van der Waals surface area contributed by atoms with Gasteiger partial charge in [-0.15, -0.1) is 10.2 Å². The van der Waals surface area contributed by atoms with Gasteiger partial charge in [0.15, 0.2) is 4.34 Å². The second-order valence-electron chi connectivity index (χ2n) is 4.83. The van der Waals surface area contributed by atoms with E-state index in [-0.39, 0.29) is 6.10 Å². The van der Waals surface area contributed by atoms with Crippen LogP contribution in [-0.2, 0) is 4.74 Å². The lowest BCUT2D eigenvalue weighted by atomic mass is 10.0. The Morgan fingerprint density at radius 2 is 1.57 bits per heavy atom. The van der Waals surface area contributed by atoms with Gasteiger partial charge in [-0.3, -0.25) is 0 Å². The number of ether oxygens (including phenoxy) is 1. The molecule has 0 fully saturated rings. The second-order valence-corrected chi connectivity index (χ2v) is 7.18. The Kier molecular flexibility index (Phi) is 5.63. The number of aromatic nitrogens is 2. The predicted octanol–water partition coefficient (Wildman–Crippen LogP) is 4.02. The second kappa shape index (κ2) is 8.10. The van der Waals surface area contributed by atoms with Crippen molar-refractivity contribution in [3.8, 4) is 0 Å². The van der Waals surface area contributed by atoms with Gasteiger partial charge in [0.2, 0.25) is 5.13 Å². The molecule has 6 heteroatoms. The molecular weight excluding hydrogens is 326 g/mol. The van der Waals surface area contributed by atoms with Crippen LogP contribution < -0.4 is 5.73 Å². The van der Waals surface area contributed by atoms with E-state index in [4.69, 9.17) is 10.5 Å². The lowest BCUT2D eigenvalue weighted by molar-refractivity contribution is 0.0935. The third kappa shape index (κ3) is 4.54. The molecule has 0 aliphatic rings. The first-order valence-electron chi connectivity index (χ1n) is 7.26. The van der Waals surface area contributed by atoms with Crippen LogP contribution in [-0.4, -0.2) is 22.6 Å². The van der Waals surface area contributed by atoms with Crippen molar-refractivity contribution in [2.75, 3.05) is 18.1 Å². The topological polar surface area (TPSA) is 61.0 Å². The van der Waals surface area contributed by atoms with Gasteiger partial charge < -0.3 is 10.5 Å². The molecule has 118 valence electrons. The SMILES string of the molecule is Nc1nnc(SCCOC(c2ccccc2)c2ccccc2)s1. The van der Waals surface area contributed by atoms with Crippen molar-refractivity contribution < 1.29 is 4.74 Å². The number of benzene rings is 2. The molecule has 4 nitrogen and oxygen atoms in total. The fourth-order valence-electron chi connectivity index (χ4n) is 2.21. The van der Waals surface area contributed by atoms with Gasteiger partial charge in [-0.25, -0.2) is 0 Å². The largest absolute Gasteiger partial charge is 0.374 e. The Hall–Kier alpha value is -1.89. The highest BCUT2D eigenvalue weighted by molar-refractivity contribution is 8.01. The minimum Gasteiger partial charge on any atom is -0.374 e. The maximum absolute atomic E-state index is 6.15. The number of rotatable bonds is 7. The van der Waals surface area contributed by atoms with Crippen LogP contribution in [0.3, 0.4) is 0 Å². The number of hydrogen-bond acceptors (Lipinski definition) is 6. The molecule has 0 aliphatic carbocycles. The van der Waals surface area contributed by atoms with Gasteiger partial charge in [-0.2, -0.15) is 0 Å². The summed E-state index contributed by atoms with van der Waals surface area (Å²) in [6.45, 7) is 0.624. The number of anilines is 1. The molecule has 0 atom stereocenters. The van der Waals surface area contributed by atoms with Gasteiger partial charge in [0.1, 0.15) is 6.10 Å². The molecule has 0 saturated heterocycles. The Balaban J connectivity index is 1.63. The Labute approximate surface area is 143 Å². The van der Waals surface area contributed by atoms with Crippen molar-refractivity contribution in [3.05, 3.63) is 71.8 Å². The first kappa shape index (κ1) is 16.0. The van der Waals surface area contributed by atoms with E-state index in [2.05, 4.69) is 34.5 Å². The fourth-order valence-corrected chi connectivity index (χ4v) is 3.75. The molecule has 2 aromatic carbocycles. The van der Waals surface area contributed by atoms with Crippen LogP contribution in [0.15, 0.2) is 65.0 Å². The molecule has 0 bridgehead atoms. The number of thioether (sulfide) groups is 1. The van der Waals surface area contributed by atoms with Gasteiger partial charge in [0.25, 0.3) is 0 Å². The molecule has 2 N–H and O–H groups in total. The zero-order chi connectivity index (χ0) is 15.9. The van der Waals surface area contributed by atoms with Crippen LogP contribution in [0, 0.1) is 0 Å². The maximum Gasteiger partial charge on any atom is 0.203 e. The smallest absolute Gasteiger partial charge is 0.203 e. The molecule has 0 aliphatic heterocycles. The molecule has 0 radical (unpaired) electrons. The molecule has 0 unspecified atom stereocenters. The first-order chi connectivity index (χ1) is 11.3. The average molecular weight is 343 g/mol. The summed E-state index contributed by atoms with van der Waals surface area (Å²) in [6, 6.07) is 20.5. The molecule has 3 rings (SSSR count). The Bertz CT molecular complexity index is 679. The zero-order valence-electron chi connectivity index (χ0n) is 12.5. The van der Waals surface area contributed by atoms with Crippen molar-refractivity contribution >= 4 is 28.2 Å². The van der Waals surface area contributed by atoms with Crippen LogP contribution in [0.1, 0.15) is 17.2 Å². The van der Waals surface area contributed by atoms with Gasteiger partial charge in [-0.1, -0.05) is 83.8 Å². The standard InChI is InChI=1S/C17H17N3OS2/c18-16-19-20-17(23-16)22-12-11-21-15(13-7-3-1-4-8-13)14-9-5-2-6-10-14/h1-10,15H,11-12H2,(H2,18,19). The third-order valence-corrected chi connectivity index (χ3v) is 5.07. The molecule has 3 aromatic rings. The van der Waals surface area contributed by atoms with E-state index < -0.39 is 0 Å². The van der Waals surface area contributed by atoms with Gasteiger partial charge in [-0.05, 0) is 11.1 Å². The van der Waals surface area contributed by atoms with Gasteiger partial charge >= 0.3 is 0 Å². The average Bonchev–Trinajstić information content (AvgIpc) is 3.02. The van der Waals surface area contributed by atoms with Gasteiger partial charge in [0.05, 0.1) is 6.61 Å². The summed E-state index contributed by atoms with van der Waals surface area (Å²) < 4.78 is 7.02. The van der Waals surface area contributed by atoms with Gasteiger partial charge in [0, 0.05) is 5.75 Å². The maximum atomic E-state index is 6.15. The van der Waals surface area contributed by atoms with Crippen LogP contribution in [0.2, 0.25) is 0 Å². The molecule has 0 amide bonds. The summed E-state index contributed by atoms with van der Waals surface area (Å²) in [5.74, 6) is 0.810. The predicted molar refractivity (Wildman–Crippen MR) is 95.7 cm³/mol. The van der Waals surface area contributed by atoms with Crippen molar-refractivity contribution in [3.63, 3.8) is 0 Å². The molecule has 1 heterocycles. The fraction of sp³-hybridized carbons (Fsp3) is 0.176. The molecule has 23 heavy (non-hydrogen) atoms. The van der Waals surface area contributed by atoms with E-state index in [9.17, 15) is 0 Å². The molecule has 0 spiro atoms. The summed E-state index contributed by atoms with van der Waals surface area (Å²) in [4.78, 5) is 0. The van der Waals surface area contributed by atoms with Crippen molar-refractivity contribution in [1.82, 2.24) is 10.2 Å². The number of nitrogens with zero attached hydrogens (tertiary/aromatic N) is 2. The quantitative estimate of drug-likeness (QED) is 0.518. The van der Waals surface area contributed by atoms with Crippen molar-refractivity contribution in [2.24, 2.45) is 0 Å². The van der Waals surface area contributed by atoms with Crippen LogP contribution in [0.5, 0.6) is 0 Å². The van der Waals surface area contributed by atoms with E-state index in [1.54, 1.807) is 11.8 Å². The van der Waals surface area contributed by atoms with E-state index in [1.807, 2.05) is 36.4 Å². The van der Waals surface area contributed by atoms with E-state index in [0.717, 1.165) is 21.2 Å². The lowest BCUT2D eigenvalue weighted by Gasteiger charge is -2.18. The summed E-state index contributed by atoms with van der Waals surface area (Å²) in [7, 11) is 0. The summed E-state index contributed by atoms with van der Waals surface area (Å²) in [5.41, 5.74) is 7.90. The highest BCUT2D eigenvalue weighted by atomic mass is 32.2. The third-order valence-electron chi connectivity index (χ3n) is 3.22. The lowest BCUT2D eigenvalue weighted by Crippen LogP contribution is -2.08. The first-order valence-corrected chi connectivity index (χ1v) is 9.06. The molecule has 1 aromatic heterocycles. The highest BCUT2D eigenvalue weighted by Crippen LogP contribution is 2.27. The van der Waals surface area contributed by atoms with Crippen LogP contribution in [0.4, 0.5) is 5.13 Å². The van der Waals surface area contributed by atoms with Crippen molar-refractivity contribution in [1.29, 1.82) is 0 Å². The van der Waals surface area contributed by atoms with E-state index in [0.29, 0.717) is 11.7 Å². The zero-order valence-corrected chi connectivity index (χ0v) is 14.1. The normalized spacial score (nSPS) is 11.0. The molecular formula is C17H17N3OS2. The minimum absolute atomic E-state index is 0.0579. The summed E-state index contributed by atoms with van der Waals surface area (Å²) in [5, 5.41) is 8.31. The van der Waals surface area contributed by atoms with E-state index in [1.165, 1.54) is 11.3 Å². The van der Waals surface area contributed by atoms with Crippen LogP contribution in [0.25, 0.3) is 0 Å². The van der Waals surface area contributed by atoms with Crippen LogP contribution >= 0.6 is 23.1 Å². The monoisotopic (exact) mass is 343 g/mol. The summed E-state index contributed by atoms with van der Waals surface area (Å²) >= 11 is 3.02. The number of nitrogens with two attached hydrogens (primary N) is 1. The van der Waals surface area contributed by atoms with Crippen molar-refractivity contribution in [2.45, 2.75) is 10.4 Å². The highest BCUT2D eigenvalue weighted by Gasteiger charge is 2.14. The Morgan fingerprint density at radius 3 is 2.09 bits per heavy atom. The number of hydrogen-bond donors (Lipinski definition) is 1.